The Kier molecular flexibility index (Phi) is 4.95. The summed E-state index contributed by atoms with van der Waals surface area (Å²) in [5.41, 5.74) is 18.5. The third kappa shape index (κ3) is 4.00. The molecule has 1 aromatic rings. The lowest BCUT2D eigenvalue weighted by molar-refractivity contribution is -0.119. The Morgan fingerprint density at radius 1 is 1.19 bits per heavy atom. The molecule has 4 nitrogen and oxygen atoms in total. The first-order chi connectivity index (χ1) is 7.63. The van der Waals surface area contributed by atoms with Gasteiger partial charge in [-0.15, -0.1) is 0 Å². The lowest BCUT2D eigenvalue weighted by atomic mass is 10.0. The van der Waals surface area contributed by atoms with E-state index in [1.54, 1.807) is 0 Å². The molecule has 0 radical (unpaired) electrons. The van der Waals surface area contributed by atoms with Crippen molar-refractivity contribution in [1.29, 1.82) is 0 Å². The maximum atomic E-state index is 10.7. The second-order valence-corrected chi connectivity index (χ2v) is 3.92. The molecule has 1 atom stereocenters. The van der Waals surface area contributed by atoms with Crippen LogP contribution in [0.25, 0.3) is 0 Å². The molecule has 0 aliphatic carbocycles. The molecule has 1 aromatic carbocycles. The molecule has 0 saturated carbocycles. The van der Waals surface area contributed by atoms with Crippen molar-refractivity contribution in [3.05, 3.63) is 35.4 Å². The summed E-state index contributed by atoms with van der Waals surface area (Å²) < 4.78 is 0. The molecule has 0 aliphatic rings. The van der Waals surface area contributed by atoms with E-state index in [1.807, 2.05) is 12.1 Å². The number of aryl methyl sites for hydroxylation is 1. The number of rotatable bonds is 6. The van der Waals surface area contributed by atoms with Gasteiger partial charge < -0.3 is 17.2 Å². The second kappa shape index (κ2) is 6.25. The van der Waals surface area contributed by atoms with Crippen molar-refractivity contribution in [3.63, 3.8) is 0 Å². The number of benzene rings is 1. The molecule has 0 aromatic heterocycles. The van der Waals surface area contributed by atoms with E-state index in [-0.39, 0.29) is 0 Å². The van der Waals surface area contributed by atoms with Crippen LogP contribution in [0.4, 0.5) is 0 Å². The molecule has 0 spiro atoms. The Morgan fingerprint density at radius 2 is 1.75 bits per heavy atom. The number of hydrogen-bond acceptors (Lipinski definition) is 3. The van der Waals surface area contributed by atoms with Crippen molar-refractivity contribution >= 4 is 5.91 Å². The van der Waals surface area contributed by atoms with E-state index in [2.05, 4.69) is 12.1 Å². The number of amides is 1. The molecule has 0 fully saturated rings. The Hall–Kier alpha value is -1.39. The van der Waals surface area contributed by atoms with Crippen molar-refractivity contribution in [1.82, 2.24) is 0 Å². The van der Waals surface area contributed by atoms with Crippen molar-refractivity contribution in [3.8, 4) is 0 Å². The predicted octanol–water partition coefficient (Wildman–Crippen LogP) is 0.281. The highest BCUT2D eigenvalue weighted by Gasteiger charge is 2.07. The second-order valence-electron chi connectivity index (χ2n) is 3.92. The zero-order chi connectivity index (χ0) is 12.0. The molecule has 88 valence electrons. The van der Waals surface area contributed by atoms with Crippen LogP contribution in [0.3, 0.4) is 0 Å². The molecule has 16 heavy (non-hydrogen) atoms. The lowest BCUT2D eigenvalue weighted by Gasteiger charge is -2.07. The third-order valence-electron chi connectivity index (χ3n) is 2.60. The van der Waals surface area contributed by atoms with Gasteiger partial charge in [0, 0.05) is 6.54 Å². The Balaban J connectivity index is 2.34. The maximum Gasteiger partial charge on any atom is 0.234 e. The zero-order valence-electron chi connectivity index (χ0n) is 9.36. The third-order valence-corrected chi connectivity index (χ3v) is 2.60. The SMILES string of the molecule is NCc1ccc(CCCC(N)C(N)=O)cc1. The minimum atomic E-state index is -0.525. The maximum absolute atomic E-state index is 10.7. The predicted molar refractivity (Wildman–Crippen MR) is 64.4 cm³/mol. The van der Waals surface area contributed by atoms with Crippen LogP contribution in [0.2, 0.25) is 0 Å². The topological polar surface area (TPSA) is 95.1 Å². The summed E-state index contributed by atoms with van der Waals surface area (Å²) in [7, 11) is 0. The minimum Gasteiger partial charge on any atom is -0.368 e. The summed E-state index contributed by atoms with van der Waals surface area (Å²) in [6, 6.07) is 7.62. The molecule has 4 heteroatoms. The minimum absolute atomic E-state index is 0.432. The molecule has 0 saturated heterocycles. The van der Waals surface area contributed by atoms with E-state index >= 15 is 0 Å². The molecule has 0 bridgehead atoms. The van der Waals surface area contributed by atoms with Crippen LogP contribution in [0.5, 0.6) is 0 Å². The van der Waals surface area contributed by atoms with Crippen molar-refractivity contribution < 1.29 is 4.79 Å². The molecule has 1 unspecified atom stereocenters. The zero-order valence-corrected chi connectivity index (χ0v) is 9.36. The highest BCUT2D eigenvalue weighted by molar-refractivity contribution is 5.79. The molecule has 0 aliphatic heterocycles. The molecular formula is C12H19N3O. The standard InChI is InChI=1S/C12H19N3O/c13-8-10-6-4-9(5-7-10)2-1-3-11(14)12(15)16/h4-7,11H,1-3,8,13-14H2,(H2,15,16). The average molecular weight is 221 g/mol. The van der Waals surface area contributed by atoms with E-state index in [9.17, 15) is 4.79 Å². The van der Waals surface area contributed by atoms with Gasteiger partial charge in [-0.25, -0.2) is 0 Å². The summed E-state index contributed by atoms with van der Waals surface area (Å²) in [6.07, 6.45) is 2.41. The van der Waals surface area contributed by atoms with E-state index in [0.29, 0.717) is 13.0 Å². The first kappa shape index (κ1) is 12.7. The van der Waals surface area contributed by atoms with Crippen LogP contribution in [0, 0.1) is 0 Å². The average Bonchev–Trinajstić information content (AvgIpc) is 2.29. The van der Waals surface area contributed by atoms with Gasteiger partial charge in [0.1, 0.15) is 0 Å². The number of carbonyl (C=O) groups excluding carboxylic acids is 1. The monoisotopic (exact) mass is 221 g/mol. The van der Waals surface area contributed by atoms with Crippen LogP contribution in [0.1, 0.15) is 24.0 Å². The first-order valence-electron chi connectivity index (χ1n) is 5.46. The van der Waals surface area contributed by atoms with Crippen LogP contribution < -0.4 is 17.2 Å². The van der Waals surface area contributed by atoms with Gasteiger partial charge in [-0.3, -0.25) is 4.79 Å². The van der Waals surface area contributed by atoms with E-state index in [0.717, 1.165) is 18.4 Å². The van der Waals surface area contributed by atoms with Gasteiger partial charge in [-0.2, -0.15) is 0 Å². The normalized spacial score (nSPS) is 12.4. The van der Waals surface area contributed by atoms with Crippen LogP contribution in [-0.2, 0) is 17.8 Å². The first-order valence-corrected chi connectivity index (χ1v) is 5.46. The molecule has 6 N–H and O–H groups in total. The van der Waals surface area contributed by atoms with Gasteiger partial charge in [-0.1, -0.05) is 24.3 Å². The van der Waals surface area contributed by atoms with Crippen molar-refractivity contribution in [2.75, 3.05) is 0 Å². The highest BCUT2D eigenvalue weighted by atomic mass is 16.1. The van der Waals surface area contributed by atoms with Crippen LogP contribution in [-0.4, -0.2) is 11.9 Å². The number of nitrogens with two attached hydrogens (primary N) is 3. The number of hydrogen-bond donors (Lipinski definition) is 3. The molecule has 0 heterocycles. The summed E-state index contributed by atoms with van der Waals surface area (Å²) in [6.45, 7) is 0.562. The Morgan fingerprint density at radius 3 is 2.25 bits per heavy atom. The summed E-state index contributed by atoms with van der Waals surface area (Å²) >= 11 is 0. The van der Waals surface area contributed by atoms with Gasteiger partial charge >= 0.3 is 0 Å². The summed E-state index contributed by atoms with van der Waals surface area (Å²) in [5.74, 6) is -0.432. The van der Waals surface area contributed by atoms with Crippen molar-refractivity contribution in [2.24, 2.45) is 17.2 Å². The van der Waals surface area contributed by atoms with Gasteiger partial charge in [0.2, 0.25) is 5.91 Å². The highest BCUT2D eigenvalue weighted by Crippen LogP contribution is 2.08. The van der Waals surface area contributed by atoms with E-state index in [4.69, 9.17) is 17.2 Å². The molecule has 1 rings (SSSR count). The van der Waals surface area contributed by atoms with Crippen LogP contribution in [0.15, 0.2) is 24.3 Å². The number of primary amides is 1. The fourth-order valence-corrected chi connectivity index (χ4v) is 1.51. The quantitative estimate of drug-likeness (QED) is 0.644. The van der Waals surface area contributed by atoms with Crippen molar-refractivity contribution in [2.45, 2.75) is 31.8 Å². The fourth-order valence-electron chi connectivity index (χ4n) is 1.51. The summed E-state index contributed by atoms with van der Waals surface area (Å²) in [4.78, 5) is 10.7. The molecular weight excluding hydrogens is 202 g/mol. The fraction of sp³-hybridized carbons (Fsp3) is 0.417. The molecule has 1 amide bonds. The number of carbonyl (C=O) groups is 1. The van der Waals surface area contributed by atoms with E-state index in [1.165, 1.54) is 5.56 Å². The summed E-state index contributed by atoms with van der Waals surface area (Å²) in [5, 5.41) is 0. The van der Waals surface area contributed by atoms with Crippen LogP contribution >= 0.6 is 0 Å². The Bertz CT molecular complexity index is 335. The van der Waals surface area contributed by atoms with Gasteiger partial charge in [0.05, 0.1) is 6.04 Å². The largest absolute Gasteiger partial charge is 0.368 e. The van der Waals surface area contributed by atoms with Gasteiger partial charge in [0.15, 0.2) is 0 Å². The van der Waals surface area contributed by atoms with Gasteiger partial charge in [0.25, 0.3) is 0 Å². The lowest BCUT2D eigenvalue weighted by Crippen LogP contribution is -2.36. The smallest absolute Gasteiger partial charge is 0.234 e. The van der Waals surface area contributed by atoms with Gasteiger partial charge in [-0.05, 0) is 30.4 Å². The Labute approximate surface area is 95.8 Å². The van der Waals surface area contributed by atoms with E-state index < -0.39 is 11.9 Å².